The van der Waals surface area contributed by atoms with Gasteiger partial charge in [-0.25, -0.2) is 4.98 Å². The van der Waals surface area contributed by atoms with Gasteiger partial charge >= 0.3 is 0 Å². The van der Waals surface area contributed by atoms with Crippen LogP contribution in [-0.4, -0.2) is 10.9 Å². The summed E-state index contributed by atoms with van der Waals surface area (Å²) in [7, 11) is 0. The van der Waals surface area contributed by atoms with Gasteiger partial charge in [0.05, 0.1) is 12.1 Å². The number of nitrogens with zero attached hydrogens (tertiary/aromatic N) is 1. The van der Waals surface area contributed by atoms with Gasteiger partial charge in [-0.3, -0.25) is 4.79 Å². The Kier molecular flexibility index (Phi) is 5.05. The van der Waals surface area contributed by atoms with Gasteiger partial charge in [0, 0.05) is 22.5 Å². The average molecular weight is 343 g/mol. The molecule has 23 heavy (non-hydrogen) atoms. The molecule has 0 bridgehead atoms. The topological polar surface area (TPSA) is 42.0 Å². The van der Waals surface area contributed by atoms with Crippen molar-refractivity contribution < 1.29 is 4.79 Å². The van der Waals surface area contributed by atoms with Crippen LogP contribution in [0, 0.1) is 0 Å². The average Bonchev–Trinajstić information content (AvgIpc) is 3.03. The lowest BCUT2D eigenvalue weighted by atomic mass is 10.2. The molecule has 3 nitrogen and oxygen atoms in total. The van der Waals surface area contributed by atoms with E-state index in [1.165, 1.54) is 0 Å². The summed E-state index contributed by atoms with van der Waals surface area (Å²) in [5.74, 6) is -0.0603. The molecule has 0 aliphatic rings. The van der Waals surface area contributed by atoms with Crippen LogP contribution in [0.25, 0.3) is 10.6 Å². The van der Waals surface area contributed by atoms with E-state index in [2.05, 4.69) is 10.3 Å². The van der Waals surface area contributed by atoms with Gasteiger partial charge in [-0.2, -0.15) is 0 Å². The first kappa shape index (κ1) is 15.7. The number of carbonyl (C=O) groups excluding carboxylic acids is 1. The summed E-state index contributed by atoms with van der Waals surface area (Å²) < 4.78 is 0. The highest BCUT2D eigenvalue weighted by atomic mass is 35.5. The van der Waals surface area contributed by atoms with Crippen LogP contribution in [0.1, 0.15) is 11.3 Å². The molecule has 3 aromatic rings. The SMILES string of the molecule is O=C(Cc1csc(-c2ccccc2)n1)NCc1ccccc1Cl. The molecule has 3 rings (SSSR count). The molecule has 1 N–H and O–H groups in total. The fourth-order valence-corrected chi connectivity index (χ4v) is 3.19. The molecule has 1 heterocycles. The van der Waals surface area contributed by atoms with Crippen molar-refractivity contribution in [3.8, 4) is 10.6 Å². The molecule has 0 radical (unpaired) electrons. The zero-order valence-electron chi connectivity index (χ0n) is 12.3. The first-order chi connectivity index (χ1) is 11.2. The minimum atomic E-state index is -0.0603. The van der Waals surface area contributed by atoms with Gasteiger partial charge in [-0.05, 0) is 11.6 Å². The molecular weight excluding hydrogens is 328 g/mol. The largest absolute Gasteiger partial charge is 0.352 e. The van der Waals surface area contributed by atoms with Gasteiger partial charge in [0.15, 0.2) is 0 Å². The number of halogens is 1. The van der Waals surface area contributed by atoms with Crippen LogP contribution in [0.4, 0.5) is 0 Å². The van der Waals surface area contributed by atoms with E-state index in [4.69, 9.17) is 11.6 Å². The zero-order valence-corrected chi connectivity index (χ0v) is 13.9. The normalized spacial score (nSPS) is 10.5. The number of carbonyl (C=O) groups is 1. The molecule has 0 fully saturated rings. The molecule has 2 aromatic carbocycles. The monoisotopic (exact) mass is 342 g/mol. The summed E-state index contributed by atoms with van der Waals surface area (Å²) in [6, 6.07) is 17.4. The highest BCUT2D eigenvalue weighted by Gasteiger charge is 2.09. The van der Waals surface area contributed by atoms with Gasteiger partial charge in [0.2, 0.25) is 5.91 Å². The Morgan fingerprint density at radius 2 is 1.83 bits per heavy atom. The van der Waals surface area contributed by atoms with Gasteiger partial charge in [0.25, 0.3) is 0 Å². The van der Waals surface area contributed by atoms with Crippen molar-refractivity contribution in [2.75, 3.05) is 0 Å². The summed E-state index contributed by atoms with van der Waals surface area (Å²) >= 11 is 7.63. The molecule has 5 heteroatoms. The van der Waals surface area contributed by atoms with Crippen LogP contribution < -0.4 is 5.32 Å². The van der Waals surface area contributed by atoms with E-state index in [1.807, 2.05) is 60.0 Å². The molecule has 0 saturated carbocycles. The molecule has 0 atom stereocenters. The van der Waals surface area contributed by atoms with Crippen LogP contribution >= 0.6 is 22.9 Å². The maximum absolute atomic E-state index is 12.1. The number of amides is 1. The van der Waals surface area contributed by atoms with E-state index >= 15 is 0 Å². The molecular formula is C18H15ClN2OS. The van der Waals surface area contributed by atoms with Crippen molar-refractivity contribution in [1.29, 1.82) is 0 Å². The number of benzene rings is 2. The molecule has 1 aromatic heterocycles. The van der Waals surface area contributed by atoms with Crippen molar-refractivity contribution >= 4 is 28.8 Å². The molecule has 116 valence electrons. The third-order valence-electron chi connectivity index (χ3n) is 3.35. The predicted molar refractivity (Wildman–Crippen MR) is 94.6 cm³/mol. The Balaban J connectivity index is 1.58. The summed E-state index contributed by atoms with van der Waals surface area (Å²) in [6.07, 6.45) is 0.272. The van der Waals surface area contributed by atoms with E-state index in [9.17, 15) is 4.79 Å². The fraction of sp³-hybridized carbons (Fsp3) is 0.111. The van der Waals surface area contributed by atoms with Crippen LogP contribution in [0.2, 0.25) is 5.02 Å². The lowest BCUT2D eigenvalue weighted by Crippen LogP contribution is -2.24. The third kappa shape index (κ3) is 4.18. The number of nitrogens with one attached hydrogen (secondary N) is 1. The Hall–Kier alpha value is -2.17. The summed E-state index contributed by atoms with van der Waals surface area (Å²) in [5, 5.41) is 6.40. The van der Waals surface area contributed by atoms with Crippen LogP contribution in [0.3, 0.4) is 0 Å². The lowest BCUT2D eigenvalue weighted by molar-refractivity contribution is -0.120. The van der Waals surface area contributed by atoms with E-state index in [0.717, 1.165) is 21.8 Å². The van der Waals surface area contributed by atoms with Gasteiger partial charge < -0.3 is 5.32 Å². The quantitative estimate of drug-likeness (QED) is 0.750. The predicted octanol–water partition coefficient (Wildman–Crippen LogP) is 4.32. The first-order valence-electron chi connectivity index (χ1n) is 7.22. The fourth-order valence-electron chi connectivity index (χ4n) is 2.16. The van der Waals surface area contributed by atoms with Crippen LogP contribution in [-0.2, 0) is 17.8 Å². The van der Waals surface area contributed by atoms with Crippen LogP contribution in [0.5, 0.6) is 0 Å². The maximum atomic E-state index is 12.1. The highest BCUT2D eigenvalue weighted by Crippen LogP contribution is 2.23. The van der Waals surface area contributed by atoms with E-state index < -0.39 is 0 Å². The Morgan fingerprint density at radius 1 is 1.09 bits per heavy atom. The molecule has 1 amide bonds. The minimum Gasteiger partial charge on any atom is -0.352 e. The van der Waals surface area contributed by atoms with E-state index in [-0.39, 0.29) is 12.3 Å². The Morgan fingerprint density at radius 3 is 2.61 bits per heavy atom. The smallest absolute Gasteiger partial charge is 0.226 e. The molecule has 0 unspecified atom stereocenters. The van der Waals surface area contributed by atoms with Crippen molar-refractivity contribution in [1.82, 2.24) is 10.3 Å². The van der Waals surface area contributed by atoms with E-state index in [1.54, 1.807) is 11.3 Å². The second-order valence-corrected chi connectivity index (χ2v) is 6.32. The zero-order chi connectivity index (χ0) is 16.1. The summed E-state index contributed by atoms with van der Waals surface area (Å²) in [4.78, 5) is 16.6. The number of hydrogen-bond acceptors (Lipinski definition) is 3. The number of thiazole rings is 1. The van der Waals surface area contributed by atoms with E-state index in [0.29, 0.717) is 11.6 Å². The second kappa shape index (κ2) is 7.40. The number of aromatic nitrogens is 1. The van der Waals surface area contributed by atoms with Gasteiger partial charge in [-0.15, -0.1) is 11.3 Å². The summed E-state index contributed by atoms with van der Waals surface area (Å²) in [6.45, 7) is 0.425. The highest BCUT2D eigenvalue weighted by molar-refractivity contribution is 7.13. The van der Waals surface area contributed by atoms with Crippen molar-refractivity contribution in [2.45, 2.75) is 13.0 Å². The van der Waals surface area contributed by atoms with Crippen LogP contribution in [0.15, 0.2) is 60.0 Å². The van der Waals surface area contributed by atoms with Crippen molar-refractivity contribution in [2.24, 2.45) is 0 Å². The Bertz CT molecular complexity index is 802. The summed E-state index contributed by atoms with van der Waals surface area (Å²) in [5.41, 5.74) is 2.76. The van der Waals surface area contributed by atoms with Gasteiger partial charge in [0.1, 0.15) is 5.01 Å². The van der Waals surface area contributed by atoms with Crippen molar-refractivity contribution in [3.05, 3.63) is 76.3 Å². The minimum absolute atomic E-state index is 0.0603. The number of rotatable bonds is 5. The van der Waals surface area contributed by atoms with Crippen molar-refractivity contribution in [3.63, 3.8) is 0 Å². The molecule has 0 spiro atoms. The lowest BCUT2D eigenvalue weighted by Gasteiger charge is -2.05. The maximum Gasteiger partial charge on any atom is 0.226 e. The first-order valence-corrected chi connectivity index (χ1v) is 8.48. The molecule has 0 aliphatic heterocycles. The van der Waals surface area contributed by atoms with Gasteiger partial charge in [-0.1, -0.05) is 60.1 Å². The Labute approximate surface area is 144 Å². The molecule has 0 aliphatic carbocycles. The number of hydrogen-bond donors (Lipinski definition) is 1. The third-order valence-corrected chi connectivity index (χ3v) is 4.66. The molecule has 0 saturated heterocycles. The second-order valence-electron chi connectivity index (χ2n) is 5.05. The standard InChI is InChI=1S/C18H15ClN2OS/c19-16-9-5-4-8-14(16)11-20-17(22)10-15-12-23-18(21-15)13-6-2-1-3-7-13/h1-9,12H,10-11H2,(H,20,22).